The van der Waals surface area contributed by atoms with Crippen molar-refractivity contribution in [1.82, 2.24) is 10.2 Å². The third kappa shape index (κ3) is 3.68. The van der Waals surface area contributed by atoms with Gasteiger partial charge in [-0.2, -0.15) is 0 Å². The predicted molar refractivity (Wildman–Crippen MR) is 106 cm³/mol. The van der Waals surface area contributed by atoms with Crippen LogP contribution in [0.4, 0.5) is 10.5 Å². The molecule has 1 aliphatic heterocycles. The van der Waals surface area contributed by atoms with E-state index in [1.807, 2.05) is 55.6 Å². The summed E-state index contributed by atoms with van der Waals surface area (Å²) >= 11 is 1.50. The van der Waals surface area contributed by atoms with Crippen molar-refractivity contribution in [2.75, 3.05) is 18.1 Å². The van der Waals surface area contributed by atoms with Crippen molar-refractivity contribution in [2.45, 2.75) is 24.3 Å². The van der Waals surface area contributed by atoms with Crippen molar-refractivity contribution in [2.24, 2.45) is 0 Å². The van der Waals surface area contributed by atoms with Crippen LogP contribution in [-0.4, -0.2) is 35.5 Å². The van der Waals surface area contributed by atoms with Gasteiger partial charge >= 0.3 is 6.03 Å². The van der Waals surface area contributed by atoms with Gasteiger partial charge in [0, 0.05) is 4.90 Å². The molecule has 1 saturated heterocycles. The maximum Gasteiger partial charge on any atom is 0.325 e. The van der Waals surface area contributed by atoms with Crippen molar-refractivity contribution < 1.29 is 14.4 Å². The molecule has 0 radical (unpaired) electrons. The fourth-order valence-electron chi connectivity index (χ4n) is 3.00. The molecular weight excluding hydrogens is 362 g/mol. The molecule has 0 spiro atoms. The maximum absolute atomic E-state index is 12.9. The molecule has 2 aromatic rings. The number of anilines is 1. The molecule has 1 atom stereocenters. The summed E-state index contributed by atoms with van der Waals surface area (Å²) in [6.45, 7) is 3.26. The Morgan fingerprint density at radius 3 is 2.48 bits per heavy atom. The quantitative estimate of drug-likeness (QED) is 0.614. The first-order valence-electron chi connectivity index (χ1n) is 8.49. The van der Waals surface area contributed by atoms with Gasteiger partial charge in [0.15, 0.2) is 0 Å². The Morgan fingerprint density at radius 1 is 1.15 bits per heavy atom. The number of imide groups is 1. The standard InChI is InChI=1S/C20H21N3O3S/c1-13-8-10-14(11-9-13)20(2)18(25)23(19(26)22-20)12-17(24)21-15-6-4-5-7-16(15)27-3/h4-11H,12H2,1-3H3,(H,21,24)(H,22,26)/t20-/m0/s1. The summed E-state index contributed by atoms with van der Waals surface area (Å²) in [4.78, 5) is 39.5. The van der Waals surface area contributed by atoms with Crippen LogP contribution in [0.5, 0.6) is 0 Å². The van der Waals surface area contributed by atoms with Crippen LogP contribution in [0.15, 0.2) is 53.4 Å². The Balaban J connectivity index is 1.75. The molecule has 1 aliphatic rings. The molecular formula is C20H21N3O3S. The smallest absolute Gasteiger partial charge is 0.324 e. The number of para-hydroxylation sites is 1. The van der Waals surface area contributed by atoms with E-state index in [-0.39, 0.29) is 6.54 Å². The molecule has 7 heteroatoms. The zero-order valence-corrected chi connectivity index (χ0v) is 16.2. The number of hydrogen-bond acceptors (Lipinski definition) is 4. The summed E-state index contributed by atoms with van der Waals surface area (Å²) < 4.78 is 0. The second-order valence-corrected chi connectivity index (χ2v) is 7.41. The van der Waals surface area contributed by atoms with Crippen molar-refractivity contribution in [1.29, 1.82) is 0 Å². The van der Waals surface area contributed by atoms with Gasteiger partial charge < -0.3 is 10.6 Å². The third-order valence-corrected chi connectivity index (χ3v) is 5.38. The van der Waals surface area contributed by atoms with E-state index >= 15 is 0 Å². The first-order valence-corrected chi connectivity index (χ1v) is 9.72. The molecule has 2 N–H and O–H groups in total. The van der Waals surface area contributed by atoms with Crippen LogP contribution in [0.25, 0.3) is 0 Å². The minimum absolute atomic E-state index is 0.338. The third-order valence-electron chi connectivity index (χ3n) is 4.59. The monoisotopic (exact) mass is 383 g/mol. The van der Waals surface area contributed by atoms with Gasteiger partial charge in [0.25, 0.3) is 5.91 Å². The number of benzene rings is 2. The maximum atomic E-state index is 12.9. The highest BCUT2D eigenvalue weighted by Crippen LogP contribution is 2.29. The van der Waals surface area contributed by atoms with Crippen molar-refractivity contribution in [3.8, 4) is 0 Å². The van der Waals surface area contributed by atoms with Gasteiger partial charge in [-0.25, -0.2) is 4.79 Å². The minimum atomic E-state index is -1.18. The van der Waals surface area contributed by atoms with Crippen LogP contribution >= 0.6 is 11.8 Å². The van der Waals surface area contributed by atoms with Gasteiger partial charge in [0.05, 0.1) is 5.69 Å². The number of amides is 4. The Bertz CT molecular complexity index is 898. The summed E-state index contributed by atoms with van der Waals surface area (Å²) in [6, 6.07) is 14.2. The normalized spacial score (nSPS) is 19.1. The molecule has 0 unspecified atom stereocenters. The number of nitrogens with one attached hydrogen (secondary N) is 2. The summed E-state index contributed by atoms with van der Waals surface area (Å²) in [5.74, 6) is -0.863. The number of carbonyl (C=O) groups is 3. The van der Waals surface area contributed by atoms with Crippen molar-refractivity contribution in [3.63, 3.8) is 0 Å². The van der Waals surface area contributed by atoms with Crippen LogP contribution in [0.2, 0.25) is 0 Å². The molecule has 0 saturated carbocycles. The van der Waals surface area contributed by atoms with Gasteiger partial charge in [-0.3, -0.25) is 14.5 Å². The van der Waals surface area contributed by atoms with E-state index in [1.54, 1.807) is 13.0 Å². The van der Waals surface area contributed by atoms with Crippen LogP contribution in [0.1, 0.15) is 18.1 Å². The molecule has 0 bridgehead atoms. The average Bonchev–Trinajstić information content (AvgIpc) is 2.86. The van der Waals surface area contributed by atoms with E-state index < -0.39 is 23.4 Å². The first-order chi connectivity index (χ1) is 12.8. The molecule has 1 fully saturated rings. The fourth-order valence-corrected chi connectivity index (χ4v) is 3.56. The lowest BCUT2D eigenvalue weighted by Gasteiger charge is -2.22. The van der Waals surface area contributed by atoms with Crippen LogP contribution in [0.3, 0.4) is 0 Å². The Kier molecular flexibility index (Phi) is 5.23. The number of hydrogen-bond donors (Lipinski definition) is 2. The molecule has 4 amide bonds. The van der Waals surface area contributed by atoms with Crippen LogP contribution < -0.4 is 10.6 Å². The minimum Gasteiger partial charge on any atom is -0.324 e. The summed E-state index contributed by atoms with van der Waals surface area (Å²) in [5, 5.41) is 5.48. The van der Waals surface area contributed by atoms with Crippen molar-refractivity contribution >= 4 is 35.3 Å². The SMILES string of the molecule is CSc1ccccc1NC(=O)CN1C(=O)N[C@@](C)(c2ccc(C)cc2)C1=O. The predicted octanol–water partition coefficient (Wildman–Crippen LogP) is 3.12. The summed E-state index contributed by atoms with van der Waals surface area (Å²) in [7, 11) is 0. The van der Waals surface area contributed by atoms with Gasteiger partial charge in [-0.1, -0.05) is 42.0 Å². The molecule has 6 nitrogen and oxygen atoms in total. The number of carbonyl (C=O) groups excluding carboxylic acids is 3. The van der Waals surface area contributed by atoms with Gasteiger partial charge in [0.2, 0.25) is 5.91 Å². The number of aryl methyl sites for hydroxylation is 1. The number of nitrogens with zero attached hydrogens (tertiary/aromatic N) is 1. The molecule has 2 aromatic carbocycles. The fraction of sp³-hybridized carbons (Fsp3) is 0.250. The van der Waals surface area contributed by atoms with E-state index in [4.69, 9.17) is 0 Å². The molecule has 27 heavy (non-hydrogen) atoms. The largest absolute Gasteiger partial charge is 0.325 e. The number of thioether (sulfide) groups is 1. The van der Waals surface area contributed by atoms with E-state index in [0.717, 1.165) is 15.4 Å². The highest BCUT2D eigenvalue weighted by molar-refractivity contribution is 7.98. The number of rotatable bonds is 5. The highest BCUT2D eigenvalue weighted by atomic mass is 32.2. The van der Waals surface area contributed by atoms with E-state index in [0.29, 0.717) is 11.3 Å². The first kappa shape index (κ1) is 19.0. The molecule has 0 aliphatic carbocycles. The second kappa shape index (κ2) is 7.44. The lowest BCUT2D eigenvalue weighted by Crippen LogP contribution is -2.42. The lowest BCUT2D eigenvalue weighted by molar-refractivity contribution is -0.133. The highest BCUT2D eigenvalue weighted by Gasteiger charge is 2.49. The Morgan fingerprint density at radius 2 is 1.81 bits per heavy atom. The Hall–Kier alpha value is -2.80. The number of urea groups is 1. The molecule has 140 valence electrons. The average molecular weight is 383 g/mol. The van der Waals surface area contributed by atoms with E-state index in [9.17, 15) is 14.4 Å². The van der Waals surface area contributed by atoms with Crippen molar-refractivity contribution in [3.05, 3.63) is 59.7 Å². The van der Waals surface area contributed by atoms with Crippen LogP contribution in [0, 0.1) is 6.92 Å². The van der Waals surface area contributed by atoms with E-state index in [2.05, 4.69) is 10.6 Å². The van der Waals surface area contributed by atoms with Gasteiger partial charge in [0.1, 0.15) is 12.1 Å². The van der Waals surface area contributed by atoms with E-state index in [1.165, 1.54) is 11.8 Å². The molecule has 3 rings (SSSR count). The van der Waals surface area contributed by atoms with Gasteiger partial charge in [-0.15, -0.1) is 11.8 Å². The zero-order valence-electron chi connectivity index (χ0n) is 15.4. The van der Waals surface area contributed by atoms with Crippen LogP contribution in [-0.2, 0) is 15.1 Å². The summed E-state index contributed by atoms with van der Waals surface area (Å²) in [6.07, 6.45) is 1.91. The zero-order chi connectivity index (χ0) is 19.6. The Labute approximate surface area is 162 Å². The van der Waals surface area contributed by atoms with Gasteiger partial charge in [-0.05, 0) is 37.8 Å². The molecule has 0 aromatic heterocycles. The topological polar surface area (TPSA) is 78.5 Å². The molecule has 1 heterocycles. The second-order valence-electron chi connectivity index (χ2n) is 6.56. The lowest BCUT2D eigenvalue weighted by atomic mass is 9.91. The summed E-state index contributed by atoms with van der Waals surface area (Å²) in [5.41, 5.74) is 1.22.